The zero-order valence-electron chi connectivity index (χ0n) is 10.4. The zero-order valence-corrected chi connectivity index (χ0v) is 10.4. The smallest absolute Gasteiger partial charge is 0.308 e. The average molecular weight is 216 g/mol. The Bertz CT molecular complexity index is 166. The van der Waals surface area contributed by atoms with Crippen LogP contribution >= 0.6 is 0 Å². The van der Waals surface area contributed by atoms with E-state index < -0.39 is 0 Å². The summed E-state index contributed by atoms with van der Waals surface area (Å²) < 4.78 is 10.3. The fourth-order valence-corrected chi connectivity index (χ4v) is 1.29. The molecule has 0 aliphatic carbocycles. The summed E-state index contributed by atoms with van der Waals surface area (Å²) in [6.07, 6.45) is 2.56. The van der Waals surface area contributed by atoms with Crippen LogP contribution in [0, 0.1) is 5.92 Å². The number of hydrogen-bond donors (Lipinski definition) is 0. The lowest BCUT2D eigenvalue weighted by atomic mass is 10.1. The molecule has 3 nitrogen and oxygen atoms in total. The molecule has 3 heteroatoms. The van der Waals surface area contributed by atoms with Gasteiger partial charge >= 0.3 is 5.97 Å². The van der Waals surface area contributed by atoms with Crippen LogP contribution in [-0.2, 0) is 14.3 Å². The van der Waals surface area contributed by atoms with Gasteiger partial charge in [0.2, 0.25) is 0 Å². The molecule has 1 unspecified atom stereocenters. The molecule has 0 aromatic heterocycles. The van der Waals surface area contributed by atoms with Crippen molar-refractivity contribution in [2.75, 3.05) is 13.2 Å². The maximum absolute atomic E-state index is 11.1. The van der Waals surface area contributed by atoms with E-state index in [2.05, 4.69) is 13.8 Å². The third-order valence-electron chi connectivity index (χ3n) is 2.09. The predicted molar refractivity (Wildman–Crippen MR) is 60.7 cm³/mol. The monoisotopic (exact) mass is 216 g/mol. The van der Waals surface area contributed by atoms with Crippen LogP contribution in [0.2, 0.25) is 0 Å². The standard InChI is InChI=1S/C12H24O3/c1-5-14-12(13)9-11(4)15-8-6-7-10(2)3/h10-11H,5-9H2,1-4H3. The number of hydrogen-bond acceptors (Lipinski definition) is 3. The molecule has 0 spiro atoms. The van der Waals surface area contributed by atoms with E-state index in [0.717, 1.165) is 13.0 Å². The van der Waals surface area contributed by atoms with Gasteiger partial charge in [0.25, 0.3) is 0 Å². The van der Waals surface area contributed by atoms with Crippen LogP contribution in [0.15, 0.2) is 0 Å². The second-order valence-corrected chi connectivity index (χ2v) is 4.23. The molecule has 0 radical (unpaired) electrons. The van der Waals surface area contributed by atoms with Gasteiger partial charge in [0.1, 0.15) is 0 Å². The van der Waals surface area contributed by atoms with E-state index in [-0.39, 0.29) is 12.1 Å². The van der Waals surface area contributed by atoms with Crippen LogP contribution in [0.5, 0.6) is 0 Å². The summed E-state index contributed by atoms with van der Waals surface area (Å²) >= 11 is 0. The first-order valence-corrected chi connectivity index (χ1v) is 5.83. The average Bonchev–Trinajstić information content (AvgIpc) is 2.12. The lowest BCUT2D eigenvalue weighted by molar-refractivity contribution is -0.146. The minimum absolute atomic E-state index is 0.0313. The molecule has 0 bridgehead atoms. The molecule has 0 amide bonds. The lowest BCUT2D eigenvalue weighted by Crippen LogP contribution is -2.17. The Kier molecular flexibility index (Phi) is 8.38. The highest BCUT2D eigenvalue weighted by atomic mass is 16.5. The van der Waals surface area contributed by atoms with Gasteiger partial charge in [0.15, 0.2) is 0 Å². The molecule has 1 atom stereocenters. The van der Waals surface area contributed by atoms with Crippen molar-refractivity contribution < 1.29 is 14.3 Å². The van der Waals surface area contributed by atoms with Gasteiger partial charge in [-0.3, -0.25) is 4.79 Å². The van der Waals surface area contributed by atoms with Crippen LogP contribution in [0.4, 0.5) is 0 Å². The summed E-state index contributed by atoms with van der Waals surface area (Å²) in [5.74, 6) is 0.544. The number of carbonyl (C=O) groups is 1. The maximum atomic E-state index is 11.1. The summed E-state index contributed by atoms with van der Waals surface area (Å²) in [6.45, 7) is 9.29. The molecule has 0 saturated heterocycles. The van der Waals surface area contributed by atoms with E-state index in [1.165, 1.54) is 6.42 Å². The minimum Gasteiger partial charge on any atom is -0.466 e. The Labute approximate surface area is 93.1 Å². The van der Waals surface area contributed by atoms with Crippen molar-refractivity contribution in [2.24, 2.45) is 5.92 Å². The Balaban J connectivity index is 3.40. The maximum Gasteiger partial charge on any atom is 0.308 e. The molecular formula is C12H24O3. The van der Waals surface area contributed by atoms with Crippen molar-refractivity contribution in [3.63, 3.8) is 0 Å². The van der Waals surface area contributed by atoms with Crippen LogP contribution in [-0.4, -0.2) is 25.3 Å². The van der Waals surface area contributed by atoms with E-state index in [0.29, 0.717) is 18.9 Å². The van der Waals surface area contributed by atoms with Gasteiger partial charge in [0.05, 0.1) is 19.1 Å². The third kappa shape index (κ3) is 9.73. The summed E-state index contributed by atoms with van der Waals surface area (Å²) in [7, 11) is 0. The molecular weight excluding hydrogens is 192 g/mol. The highest BCUT2D eigenvalue weighted by molar-refractivity contribution is 5.69. The van der Waals surface area contributed by atoms with E-state index in [1.54, 1.807) is 0 Å². The number of ether oxygens (including phenoxy) is 2. The molecule has 90 valence electrons. The third-order valence-corrected chi connectivity index (χ3v) is 2.09. The fraction of sp³-hybridized carbons (Fsp3) is 0.917. The SMILES string of the molecule is CCOC(=O)CC(C)OCCCC(C)C. The van der Waals surface area contributed by atoms with Gasteiger partial charge in [-0.1, -0.05) is 13.8 Å². The predicted octanol–water partition coefficient (Wildman–Crippen LogP) is 2.78. The van der Waals surface area contributed by atoms with Crippen LogP contribution in [0.3, 0.4) is 0 Å². The fourth-order valence-electron chi connectivity index (χ4n) is 1.29. The molecule has 0 aliphatic rings. The molecule has 0 rings (SSSR count). The van der Waals surface area contributed by atoms with E-state index in [4.69, 9.17) is 9.47 Å². The Hall–Kier alpha value is -0.570. The summed E-state index contributed by atoms with van der Waals surface area (Å²) in [4.78, 5) is 11.1. The van der Waals surface area contributed by atoms with Crippen LogP contribution < -0.4 is 0 Å². The largest absolute Gasteiger partial charge is 0.466 e. The van der Waals surface area contributed by atoms with Gasteiger partial charge in [-0.05, 0) is 32.6 Å². The van der Waals surface area contributed by atoms with Crippen molar-refractivity contribution in [1.29, 1.82) is 0 Å². The number of carbonyl (C=O) groups excluding carboxylic acids is 1. The van der Waals surface area contributed by atoms with Gasteiger partial charge in [0, 0.05) is 6.61 Å². The van der Waals surface area contributed by atoms with Crippen molar-refractivity contribution in [2.45, 2.75) is 53.1 Å². The normalized spacial score (nSPS) is 12.9. The summed E-state index contributed by atoms with van der Waals surface area (Å²) in [5, 5.41) is 0. The second-order valence-electron chi connectivity index (χ2n) is 4.23. The molecule has 0 aliphatic heterocycles. The van der Waals surface area contributed by atoms with Crippen LogP contribution in [0.25, 0.3) is 0 Å². The topological polar surface area (TPSA) is 35.5 Å². The molecule has 0 N–H and O–H groups in total. The van der Waals surface area contributed by atoms with Gasteiger partial charge in [-0.15, -0.1) is 0 Å². The number of rotatable bonds is 8. The minimum atomic E-state index is -0.172. The lowest BCUT2D eigenvalue weighted by Gasteiger charge is -2.12. The second kappa shape index (κ2) is 8.72. The van der Waals surface area contributed by atoms with Gasteiger partial charge in [-0.25, -0.2) is 0 Å². The molecule has 15 heavy (non-hydrogen) atoms. The first kappa shape index (κ1) is 14.4. The number of esters is 1. The highest BCUT2D eigenvalue weighted by Gasteiger charge is 2.09. The van der Waals surface area contributed by atoms with Gasteiger partial charge in [-0.2, -0.15) is 0 Å². The van der Waals surface area contributed by atoms with Crippen molar-refractivity contribution in [3.8, 4) is 0 Å². The van der Waals surface area contributed by atoms with Crippen molar-refractivity contribution >= 4 is 5.97 Å². The van der Waals surface area contributed by atoms with Crippen molar-refractivity contribution in [3.05, 3.63) is 0 Å². The Morgan fingerprint density at radius 2 is 1.93 bits per heavy atom. The Morgan fingerprint density at radius 1 is 1.27 bits per heavy atom. The molecule has 0 aromatic carbocycles. The van der Waals surface area contributed by atoms with Gasteiger partial charge < -0.3 is 9.47 Å². The van der Waals surface area contributed by atoms with E-state index >= 15 is 0 Å². The molecule has 0 saturated carbocycles. The van der Waals surface area contributed by atoms with E-state index in [1.807, 2.05) is 13.8 Å². The first-order valence-electron chi connectivity index (χ1n) is 5.83. The Morgan fingerprint density at radius 3 is 2.47 bits per heavy atom. The quantitative estimate of drug-likeness (QED) is 0.462. The molecule has 0 fully saturated rings. The molecule has 0 aromatic rings. The summed E-state index contributed by atoms with van der Waals surface area (Å²) in [5.41, 5.74) is 0. The highest BCUT2D eigenvalue weighted by Crippen LogP contribution is 2.06. The summed E-state index contributed by atoms with van der Waals surface area (Å²) in [6, 6.07) is 0. The zero-order chi connectivity index (χ0) is 11.7. The van der Waals surface area contributed by atoms with E-state index in [9.17, 15) is 4.79 Å². The molecule has 0 heterocycles. The van der Waals surface area contributed by atoms with Crippen molar-refractivity contribution in [1.82, 2.24) is 0 Å². The van der Waals surface area contributed by atoms with Crippen LogP contribution in [0.1, 0.15) is 47.0 Å². The first-order chi connectivity index (χ1) is 7.06.